The van der Waals surface area contributed by atoms with Gasteiger partial charge in [-0.15, -0.1) is 5.10 Å². The molecule has 2 aromatic rings. The van der Waals surface area contributed by atoms with Crippen LogP contribution in [0.4, 0.5) is 0 Å². The highest BCUT2D eigenvalue weighted by Crippen LogP contribution is 2.31. The van der Waals surface area contributed by atoms with Gasteiger partial charge >= 0.3 is 0 Å². The van der Waals surface area contributed by atoms with Gasteiger partial charge in [-0.05, 0) is 54.7 Å². The number of benzene rings is 1. The molecule has 0 saturated carbocycles. The predicted molar refractivity (Wildman–Crippen MR) is 82.5 cm³/mol. The normalized spacial score (nSPS) is 12.4. The smallest absolute Gasteiger partial charge is 0.119 e. The first-order chi connectivity index (χ1) is 9.71. The molecule has 4 nitrogen and oxygen atoms in total. The van der Waals surface area contributed by atoms with E-state index in [-0.39, 0.29) is 6.04 Å². The van der Waals surface area contributed by atoms with Crippen molar-refractivity contribution in [2.24, 2.45) is 0 Å². The van der Waals surface area contributed by atoms with Gasteiger partial charge in [-0.1, -0.05) is 24.4 Å². The van der Waals surface area contributed by atoms with Gasteiger partial charge in [-0.3, -0.25) is 0 Å². The van der Waals surface area contributed by atoms with E-state index in [1.165, 1.54) is 27.5 Å². The minimum Gasteiger partial charge on any atom is -0.497 e. The molecule has 1 aromatic heterocycles. The second-order valence-corrected chi connectivity index (χ2v) is 5.44. The lowest BCUT2D eigenvalue weighted by molar-refractivity contribution is 0.414. The highest BCUT2D eigenvalue weighted by molar-refractivity contribution is 7.05. The maximum absolute atomic E-state index is 5.28. The third-order valence-corrected chi connectivity index (χ3v) is 4.21. The zero-order valence-electron chi connectivity index (χ0n) is 12.4. The molecule has 5 heteroatoms. The molecule has 0 spiro atoms. The highest BCUT2D eigenvalue weighted by Gasteiger charge is 2.21. The molecule has 1 heterocycles. The molecule has 0 aliphatic carbocycles. The van der Waals surface area contributed by atoms with Crippen LogP contribution in [0.2, 0.25) is 0 Å². The SMILES string of the molecule is CCNC(c1ccc(OC)cc1C)c1snnc1CC. The summed E-state index contributed by atoms with van der Waals surface area (Å²) in [5.41, 5.74) is 3.55. The number of rotatable bonds is 6. The molecule has 2 rings (SSSR count). The Kier molecular flexibility index (Phi) is 5.09. The van der Waals surface area contributed by atoms with Crippen LogP contribution in [-0.2, 0) is 6.42 Å². The summed E-state index contributed by atoms with van der Waals surface area (Å²) in [4.78, 5) is 1.21. The number of methoxy groups -OCH3 is 1. The fourth-order valence-corrected chi connectivity index (χ4v) is 3.16. The lowest BCUT2D eigenvalue weighted by atomic mass is 9.98. The van der Waals surface area contributed by atoms with Crippen molar-refractivity contribution in [2.45, 2.75) is 33.2 Å². The first-order valence-corrected chi connectivity index (χ1v) is 7.67. The molecule has 1 N–H and O–H groups in total. The van der Waals surface area contributed by atoms with Gasteiger partial charge in [0.15, 0.2) is 0 Å². The fourth-order valence-electron chi connectivity index (χ4n) is 2.33. The van der Waals surface area contributed by atoms with Crippen LogP contribution in [0.5, 0.6) is 5.75 Å². The predicted octanol–water partition coefficient (Wildman–Crippen LogP) is 3.12. The van der Waals surface area contributed by atoms with Crippen LogP contribution in [0.25, 0.3) is 0 Å². The molecule has 1 unspecified atom stereocenters. The number of ether oxygens (including phenoxy) is 1. The van der Waals surface area contributed by atoms with E-state index in [0.29, 0.717) is 0 Å². The van der Waals surface area contributed by atoms with E-state index in [9.17, 15) is 0 Å². The maximum atomic E-state index is 5.28. The molecular weight excluding hydrogens is 270 g/mol. The van der Waals surface area contributed by atoms with Crippen LogP contribution in [0.3, 0.4) is 0 Å². The summed E-state index contributed by atoms with van der Waals surface area (Å²) in [6, 6.07) is 6.36. The number of nitrogens with one attached hydrogen (secondary N) is 1. The Morgan fingerprint density at radius 3 is 2.75 bits per heavy atom. The van der Waals surface area contributed by atoms with Gasteiger partial charge in [0.2, 0.25) is 0 Å². The Bertz CT molecular complexity index is 568. The Morgan fingerprint density at radius 1 is 1.35 bits per heavy atom. The van der Waals surface area contributed by atoms with Gasteiger partial charge in [0.25, 0.3) is 0 Å². The largest absolute Gasteiger partial charge is 0.497 e. The number of nitrogens with zero attached hydrogens (tertiary/aromatic N) is 2. The van der Waals surface area contributed by atoms with Crippen molar-refractivity contribution in [1.82, 2.24) is 14.9 Å². The van der Waals surface area contributed by atoms with E-state index in [1.807, 2.05) is 6.07 Å². The summed E-state index contributed by atoms with van der Waals surface area (Å²) in [5.74, 6) is 0.889. The summed E-state index contributed by atoms with van der Waals surface area (Å²) in [5, 5.41) is 7.77. The van der Waals surface area contributed by atoms with Crippen LogP contribution in [0.15, 0.2) is 18.2 Å². The van der Waals surface area contributed by atoms with Crippen LogP contribution < -0.4 is 10.1 Å². The van der Waals surface area contributed by atoms with E-state index in [2.05, 4.69) is 47.8 Å². The highest BCUT2D eigenvalue weighted by atomic mass is 32.1. The second-order valence-electron chi connectivity index (χ2n) is 4.65. The van der Waals surface area contributed by atoms with Crippen molar-refractivity contribution in [2.75, 3.05) is 13.7 Å². The zero-order chi connectivity index (χ0) is 14.5. The minimum atomic E-state index is 0.154. The average Bonchev–Trinajstić information content (AvgIpc) is 2.93. The molecular formula is C15H21N3OS. The van der Waals surface area contributed by atoms with E-state index in [1.54, 1.807) is 7.11 Å². The Morgan fingerprint density at radius 2 is 2.15 bits per heavy atom. The van der Waals surface area contributed by atoms with Gasteiger partial charge < -0.3 is 10.1 Å². The standard InChI is InChI=1S/C15H21N3OS/c1-5-13-15(20-18-17-13)14(16-6-2)12-8-7-11(19-4)9-10(12)3/h7-9,14,16H,5-6H2,1-4H3. The average molecular weight is 291 g/mol. The van der Waals surface area contributed by atoms with Crippen molar-refractivity contribution in [1.29, 1.82) is 0 Å². The summed E-state index contributed by atoms with van der Waals surface area (Å²) >= 11 is 1.48. The van der Waals surface area contributed by atoms with Crippen LogP contribution >= 0.6 is 11.5 Å². The molecule has 0 radical (unpaired) electrons. The lowest BCUT2D eigenvalue weighted by Gasteiger charge is -2.20. The molecule has 0 bridgehead atoms. The quantitative estimate of drug-likeness (QED) is 0.888. The van der Waals surface area contributed by atoms with Crippen molar-refractivity contribution in [3.8, 4) is 5.75 Å². The molecule has 1 aromatic carbocycles. The van der Waals surface area contributed by atoms with Gasteiger partial charge in [-0.25, -0.2) is 0 Å². The summed E-state index contributed by atoms with van der Waals surface area (Å²) in [6.07, 6.45) is 0.906. The van der Waals surface area contributed by atoms with Crippen molar-refractivity contribution < 1.29 is 4.74 Å². The van der Waals surface area contributed by atoms with Crippen molar-refractivity contribution >= 4 is 11.5 Å². The molecule has 108 valence electrons. The number of aromatic nitrogens is 2. The lowest BCUT2D eigenvalue weighted by Crippen LogP contribution is -2.23. The summed E-state index contributed by atoms with van der Waals surface area (Å²) in [6.45, 7) is 7.25. The Labute approximate surface area is 124 Å². The first-order valence-electron chi connectivity index (χ1n) is 6.90. The van der Waals surface area contributed by atoms with Crippen LogP contribution in [-0.4, -0.2) is 23.2 Å². The third kappa shape index (κ3) is 2.99. The van der Waals surface area contributed by atoms with Gasteiger partial charge in [0.1, 0.15) is 5.75 Å². The van der Waals surface area contributed by atoms with E-state index in [0.717, 1.165) is 24.4 Å². The maximum Gasteiger partial charge on any atom is 0.119 e. The van der Waals surface area contributed by atoms with Gasteiger partial charge in [0.05, 0.1) is 23.7 Å². The monoisotopic (exact) mass is 291 g/mol. The van der Waals surface area contributed by atoms with Crippen LogP contribution in [0, 0.1) is 6.92 Å². The first kappa shape index (κ1) is 14.9. The topological polar surface area (TPSA) is 47.0 Å². The summed E-state index contributed by atoms with van der Waals surface area (Å²) in [7, 11) is 1.69. The van der Waals surface area contributed by atoms with E-state index in [4.69, 9.17) is 4.74 Å². The van der Waals surface area contributed by atoms with E-state index < -0.39 is 0 Å². The molecule has 0 saturated heterocycles. The molecule has 0 aliphatic rings. The molecule has 0 amide bonds. The number of aryl methyl sites for hydroxylation is 2. The van der Waals surface area contributed by atoms with Crippen molar-refractivity contribution in [3.63, 3.8) is 0 Å². The van der Waals surface area contributed by atoms with Crippen molar-refractivity contribution in [3.05, 3.63) is 39.9 Å². The van der Waals surface area contributed by atoms with E-state index >= 15 is 0 Å². The Balaban J connectivity index is 2.43. The second kappa shape index (κ2) is 6.81. The van der Waals surface area contributed by atoms with Crippen LogP contribution in [0.1, 0.15) is 41.6 Å². The zero-order valence-corrected chi connectivity index (χ0v) is 13.3. The molecule has 1 atom stereocenters. The number of hydrogen-bond donors (Lipinski definition) is 1. The molecule has 0 aliphatic heterocycles. The third-order valence-electron chi connectivity index (χ3n) is 3.38. The molecule has 20 heavy (non-hydrogen) atoms. The molecule has 0 fully saturated rings. The fraction of sp³-hybridized carbons (Fsp3) is 0.467. The number of hydrogen-bond acceptors (Lipinski definition) is 5. The Hall–Kier alpha value is -1.46. The van der Waals surface area contributed by atoms with Gasteiger partial charge in [-0.2, -0.15) is 0 Å². The summed E-state index contributed by atoms with van der Waals surface area (Å²) < 4.78 is 9.39. The minimum absolute atomic E-state index is 0.154. The van der Waals surface area contributed by atoms with Gasteiger partial charge in [0, 0.05) is 0 Å².